The Morgan fingerprint density at radius 2 is 1.86 bits per heavy atom. The fourth-order valence-electron chi connectivity index (χ4n) is 2.13. The molecule has 1 N–H and O–H groups in total. The predicted molar refractivity (Wildman–Crippen MR) is 89.8 cm³/mol. The number of nitrogens with zero attached hydrogens (tertiary/aromatic N) is 2. The predicted octanol–water partition coefficient (Wildman–Crippen LogP) is 4.54. The molecule has 3 heterocycles. The summed E-state index contributed by atoms with van der Waals surface area (Å²) in [6.07, 6.45) is -5.38. The number of halogens is 7. The summed E-state index contributed by atoms with van der Waals surface area (Å²) in [5, 5.41) is 3.63. The molecular weight excluding hydrogens is 451 g/mol. The van der Waals surface area contributed by atoms with Gasteiger partial charge in [0, 0.05) is 23.0 Å². The summed E-state index contributed by atoms with van der Waals surface area (Å²) < 4.78 is 106. The normalized spacial score (nSPS) is 14.3. The number of hydrogen-bond acceptors (Lipinski definition) is 5. The number of imidazole rings is 1. The molecule has 0 aromatic carbocycles. The van der Waals surface area contributed by atoms with E-state index >= 15 is 0 Å². The van der Waals surface area contributed by atoms with Crippen molar-refractivity contribution in [1.29, 1.82) is 0 Å². The molecular formula is C15H10F7N3O2S2. The Morgan fingerprint density at radius 1 is 1.14 bits per heavy atom. The van der Waals surface area contributed by atoms with Gasteiger partial charge in [-0.1, -0.05) is 0 Å². The fourth-order valence-corrected chi connectivity index (χ4v) is 3.81. The number of ether oxygens (including phenoxy) is 1. The zero-order chi connectivity index (χ0) is 21.4. The molecule has 1 unspecified atom stereocenters. The number of hydrogen-bond donors (Lipinski definition) is 1. The van der Waals surface area contributed by atoms with E-state index in [0.29, 0.717) is 11.0 Å². The quantitative estimate of drug-likeness (QED) is 0.525. The second-order valence-corrected chi connectivity index (χ2v) is 7.86. The lowest BCUT2D eigenvalue weighted by atomic mass is 10.2. The van der Waals surface area contributed by atoms with Crippen LogP contribution in [0.25, 0.3) is 11.0 Å². The Labute approximate surface area is 164 Å². The smallest absolute Gasteiger partial charge is 0.460 e. The van der Waals surface area contributed by atoms with Crippen LogP contribution in [0.5, 0.6) is 5.75 Å². The third kappa shape index (κ3) is 4.37. The molecule has 0 aliphatic heterocycles. The lowest BCUT2D eigenvalue weighted by Crippen LogP contribution is -2.54. The van der Waals surface area contributed by atoms with Crippen LogP contribution < -0.4 is 4.74 Å². The van der Waals surface area contributed by atoms with E-state index in [2.05, 4.69) is 19.7 Å². The van der Waals surface area contributed by atoms with Gasteiger partial charge in [-0.25, -0.2) is 4.98 Å². The number of pyridine rings is 1. The van der Waals surface area contributed by atoms with Crippen molar-refractivity contribution < 1.29 is 39.7 Å². The van der Waals surface area contributed by atoms with Gasteiger partial charge < -0.3 is 9.72 Å². The highest BCUT2D eigenvalue weighted by molar-refractivity contribution is 7.84. The Hall–Kier alpha value is -2.22. The van der Waals surface area contributed by atoms with E-state index in [9.17, 15) is 34.9 Å². The highest BCUT2D eigenvalue weighted by Gasteiger charge is 2.73. The molecule has 14 heteroatoms. The highest BCUT2D eigenvalue weighted by Crippen LogP contribution is 2.46. The van der Waals surface area contributed by atoms with Gasteiger partial charge in [0.2, 0.25) is 0 Å². The van der Waals surface area contributed by atoms with Crippen LogP contribution in [0.1, 0.15) is 5.69 Å². The van der Waals surface area contributed by atoms with Gasteiger partial charge in [0.15, 0.2) is 11.8 Å². The third-order valence-electron chi connectivity index (χ3n) is 3.62. The first kappa shape index (κ1) is 21.5. The summed E-state index contributed by atoms with van der Waals surface area (Å²) in [4.78, 5) is 10.8. The lowest BCUT2D eigenvalue weighted by molar-refractivity contribution is -0.358. The molecule has 0 aliphatic carbocycles. The summed E-state index contributed by atoms with van der Waals surface area (Å²) in [5.74, 6) is -12.4. The SMILES string of the molecule is O=S(Cc1cc(OCC(F)(F)C(F)(F)C(F)(F)F)ccn1)c1nc2cscc2[nH]1. The van der Waals surface area contributed by atoms with Crippen LogP contribution in [0.4, 0.5) is 30.7 Å². The van der Waals surface area contributed by atoms with Crippen LogP contribution in [-0.4, -0.2) is 43.8 Å². The average molecular weight is 461 g/mol. The van der Waals surface area contributed by atoms with Gasteiger partial charge in [-0.3, -0.25) is 9.19 Å². The van der Waals surface area contributed by atoms with E-state index in [0.717, 1.165) is 18.3 Å². The summed E-state index contributed by atoms with van der Waals surface area (Å²) in [6.45, 7) is -2.21. The molecule has 3 rings (SSSR count). The minimum atomic E-state index is -6.43. The molecule has 3 aromatic heterocycles. The first-order valence-corrected chi connectivity index (χ1v) is 9.87. The van der Waals surface area contributed by atoms with Gasteiger partial charge in [-0.2, -0.15) is 30.7 Å². The van der Waals surface area contributed by atoms with Gasteiger partial charge >= 0.3 is 18.0 Å². The molecule has 0 saturated carbocycles. The molecule has 0 saturated heterocycles. The van der Waals surface area contributed by atoms with E-state index in [-0.39, 0.29) is 16.6 Å². The summed E-state index contributed by atoms with van der Waals surface area (Å²) in [6, 6.07) is 2.02. The topological polar surface area (TPSA) is 67.9 Å². The number of thiophene rings is 1. The fraction of sp³-hybridized carbons (Fsp3) is 0.333. The number of alkyl halides is 7. The summed E-state index contributed by atoms with van der Waals surface area (Å²) in [5.41, 5.74) is 1.36. The van der Waals surface area contributed by atoms with Gasteiger partial charge in [0.1, 0.15) is 11.3 Å². The van der Waals surface area contributed by atoms with Gasteiger partial charge in [-0.15, -0.1) is 11.3 Å². The highest BCUT2D eigenvalue weighted by atomic mass is 32.2. The standard InChI is InChI=1S/C15H10F7N3O2S2/c16-13(17,14(18,19)15(20,21)22)7-27-9-1-2-23-8(3-9)6-29(26)12-24-10-4-28-5-11(10)25-12/h1-5H,6-7H2,(H,24,25). The summed E-state index contributed by atoms with van der Waals surface area (Å²) in [7, 11) is -1.70. The first-order chi connectivity index (χ1) is 13.4. The molecule has 5 nitrogen and oxygen atoms in total. The minimum absolute atomic E-state index is 0.0747. The van der Waals surface area contributed by atoms with Crippen molar-refractivity contribution in [1.82, 2.24) is 15.0 Å². The van der Waals surface area contributed by atoms with Crippen molar-refractivity contribution in [3.05, 3.63) is 34.8 Å². The zero-order valence-electron chi connectivity index (χ0n) is 14.0. The number of nitrogens with one attached hydrogen (secondary N) is 1. The van der Waals surface area contributed by atoms with Crippen LogP contribution in [0, 0.1) is 0 Å². The average Bonchev–Trinajstić information content (AvgIpc) is 3.21. The van der Waals surface area contributed by atoms with Crippen molar-refractivity contribution in [2.45, 2.75) is 28.9 Å². The maximum Gasteiger partial charge on any atom is 0.460 e. The van der Waals surface area contributed by atoms with E-state index in [1.807, 2.05) is 0 Å². The molecule has 158 valence electrons. The Morgan fingerprint density at radius 3 is 2.52 bits per heavy atom. The zero-order valence-corrected chi connectivity index (χ0v) is 15.6. The second kappa shape index (κ2) is 7.55. The number of aromatic amines is 1. The third-order valence-corrected chi connectivity index (χ3v) is 5.54. The van der Waals surface area contributed by atoms with E-state index < -0.39 is 41.2 Å². The number of aromatic nitrogens is 3. The molecule has 3 aromatic rings. The largest absolute Gasteiger partial charge is 0.487 e. The molecule has 0 bridgehead atoms. The van der Waals surface area contributed by atoms with Crippen molar-refractivity contribution in [2.75, 3.05) is 6.61 Å². The van der Waals surface area contributed by atoms with Crippen molar-refractivity contribution in [3.8, 4) is 5.75 Å². The maximum atomic E-state index is 13.3. The van der Waals surface area contributed by atoms with Crippen LogP contribution in [0.2, 0.25) is 0 Å². The number of fused-ring (bicyclic) bond motifs is 1. The van der Waals surface area contributed by atoms with E-state index in [1.54, 1.807) is 10.8 Å². The Balaban J connectivity index is 1.68. The summed E-state index contributed by atoms with van der Waals surface area (Å²) >= 11 is 1.39. The molecule has 1 atom stereocenters. The molecule has 0 fully saturated rings. The molecule has 0 amide bonds. The Kier molecular flexibility index (Phi) is 5.60. The molecule has 29 heavy (non-hydrogen) atoms. The monoisotopic (exact) mass is 461 g/mol. The van der Waals surface area contributed by atoms with Crippen molar-refractivity contribution in [3.63, 3.8) is 0 Å². The van der Waals surface area contributed by atoms with Gasteiger partial charge in [-0.05, 0) is 6.07 Å². The molecule has 0 aliphatic rings. The number of H-pyrrole nitrogens is 1. The second-order valence-electron chi connectivity index (χ2n) is 5.75. The minimum Gasteiger partial charge on any atom is -0.487 e. The lowest BCUT2D eigenvalue weighted by Gasteiger charge is -2.27. The van der Waals surface area contributed by atoms with Gasteiger partial charge in [0.25, 0.3) is 0 Å². The van der Waals surface area contributed by atoms with Crippen LogP contribution >= 0.6 is 11.3 Å². The number of rotatable bonds is 7. The maximum absolute atomic E-state index is 13.3. The van der Waals surface area contributed by atoms with Crippen LogP contribution in [0.15, 0.2) is 34.2 Å². The van der Waals surface area contributed by atoms with E-state index in [4.69, 9.17) is 0 Å². The van der Waals surface area contributed by atoms with Crippen molar-refractivity contribution in [2.24, 2.45) is 0 Å². The molecule has 0 spiro atoms. The molecule has 0 radical (unpaired) electrons. The van der Waals surface area contributed by atoms with Crippen molar-refractivity contribution >= 4 is 33.2 Å². The Bertz CT molecular complexity index is 1000. The first-order valence-electron chi connectivity index (χ1n) is 7.61. The van der Waals surface area contributed by atoms with Crippen LogP contribution in [-0.2, 0) is 16.6 Å². The van der Waals surface area contributed by atoms with E-state index in [1.165, 1.54) is 11.3 Å². The van der Waals surface area contributed by atoms with Gasteiger partial charge in [0.05, 0.1) is 27.8 Å². The van der Waals surface area contributed by atoms with Crippen LogP contribution in [0.3, 0.4) is 0 Å².